The van der Waals surface area contributed by atoms with Crippen LogP contribution in [0.5, 0.6) is 0 Å². The van der Waals surface area contributed by atoms with Crippen LogP contribution in [0, 0.1) is 0 Å². The van der Waals surface area contributed by atoms with Crippen molar-refractivity contribution in [3.63, 3.8) is 0 Å². The van der Waals surface area contributed by atoms with Gasteiger partial charge in [-0.05, 0) is 42.9 Å². The van der Waals surface area contributed by atoms with Gasteiger partial charge in [0.25, 0.3) is 0 Å². The normalized spacial score (nSPS) is 24.2. The van der Waals surface area contributed by atoms with Crippen LogP contribution >= 0.6 is 0 Å². The van der Waals surface area contributed by atoms with Crippen LogP contribution < -0.4 is 0 Å². The van der Waals surface area contributed by atoms with Crippen LogP contribution in [-0.2, 0) is 0 Å². The van der Waals surface area contributed by atoms with E-state index in [-0.39, 0.29) is 0 Å². The fourth-order valence-electron chi connectivity index (χ4n) is 3.97. The zero-order valence-electron chi connectivity index (χ0n) is 10.6. The topological polar surface area (TPSA) is 25.8 Å². The van der Waals surface area contributed by atoms with E-state index in [1.165, 1.54) is 41.3 Å². The molecular weight excluding hydrogens is 232 g/mol. The average Bonchev–Trinajstić information content (AvgIpc) is 3.07. The van der Waals surface area contributed by atoms with E-state index in [1.807, 2.05) is 12.3 Å². The molecule has 0 amide bonds. The molecule has 0 radical (unpaired) electrons. The van der Waals surface area contributed by atoms with Crippen molar-refractivity contribution < 1.29 is 0 Å². The van der Waals surface area contributed by atoms with Gasteiger partial charge in [0.15, 0.2) is 0 Å². The molecule has 0 spiro atoms. The molecule has 2 aliphatic rings. The van der Waals surface area contributed by atoms with Gasteiger partial charge >= 0.3 is 0 Å². The second-order valence-electron chi connectivity index (χ2n) is 5.88. The third-order valence-corrected chi connectivity index (χ3v) is 4.88. The summed E-state index contributed by atoms with van der Waals surface area (Å²) in [4.78, 5) is 9.54. The van der Waals surface area contributed by atoms with Crippen molar-refractivity contribution >= 4 is 21.8 Å². The van der Waals surface area contributed by atoms with Crippen molar-refractivity contribution in [1.82, 2.24) is 9.97 Å². The summed E-state index contributed by atoms with van der Waals surface area (Å²) in [5.41, 5.74) is 5.01. The summed E-state index contributed by atoms with van der Waals surface area (Å²) in [6, 6.07) is 10.8. The highest BCUT2D eigenvalue weighted by molar-refractivity contribution is 6.02. The lowest BCUT2D eigenvalue weighted by atomic mass is 9.94. The highest BCUT2D eigenvalue weighted by Gasteiger charge is 2.38. The zero-order chi connectivity index (χ0) is 12.4. The predicted molar refractivity (Wildman–Crippen MR) is 76.4 cm³/mol. The number of benzene rings is 1. The first-order valence-electron chi connectivity index (χ1n) is 7.08. The summed E-state index contributed by atoms with van der Waals surface area (Å²) in [7, 11) is 0. The summed E-state index contributed by atoms with van der Waals surface area (Å²) in [6.45, 7) is 0. The highest BCUT2D eigenvalue weighted by Crippen LogP contribution is 2.52. The first-order chi connectivity index (χ1) is 9.40. The Labute approximate surface area is 111 Å². The monoisotopic (exact) mass is 246 g/mol. The van der Waals surface area contributed by atoms with Gasteiger partial charge in [-0.3, -0.25) is 4.98 Å². The highest BCUT2D eigenvalue weighted by atomic mass is 14.8. The maximum Gasteiger partial charge on any atom is 0.0968 e. The average molecular weight is 246 g/mol. The van der Waals surface area contributed by atoms with Crippen molar-refractivity contribution in [2.24, 2.45) is 0 Å². The molecule has 1 fully saturated rings. The molecule has 2 aliphatic carbocycles. The standard InChI is InChI=1S/C17H14N2/c1-2-10-3-5-13-9-14-11-4-6-12(8-11)15(14)19-17(13)16(10)18-7-1/h1-3,5,7,9,11-12H,4,6,8H2/t11-,12+/m1/s1. The number of hydrogen-bond acceptors (Lipinski definition) is 2. The fraction of sp³-hybridized carbons (Fsp3) is 0.294. The summed E-state index contributed by atoms with van der Waals surface area (Å²) in [5, 5.41) is 2.43. The van der Waals surface area contributed by atoms with Crippen molar-refractivity contribution in [2.75, 3.05) is 0 Å². The molecule has 2 heteroatoms. The fourth-order valence-corrected chi connectivity index (χ4v) is 3.97. The zero-order valence-corrected chi connectivity index (χ0v) is 10.6. The molecule has 2 heterocycles. The second kappa shape index (κ2) is 3.32. The van der Waals surface area contributed by atoms with E-state index in [2.05, 4.69) is 29.2 Å². The van der Waals surface area contributed by atoms with E-state index >= 15 is 0 Å². The summed E-state index contributed by atoms with van der Waals surface area (Å²) >= 11 is 0. The van der Waals surface area contributed by atoms with Gasteiger partial charge in [-0.25, -0.2) is 4.98 Å². The van der Waals surface area contributed by atoms with E-state index < -0.39 is 0 Å². The van der Waals surface area contributed by atoms with Gasteiger partial charge in [0.05, 0.1) is 11.0 Å². The Balaban J connectivity index is 1.92. The first-order valence-corrected chi connectivity index (χ1v) is 7.08. The molecule has 1 aromatic carbocycles. The number of pyridine rings is 2. The minimum atomic E-state index is 0.711. The molecule has 19 heavy (non-hydrogen) atoms. The molecule has 0 aliphatic heterocycles. The van der Waals surface area contributed by atoms with E-state index in [4.69, 9.17) is 4.98 Å². The van der Waals surface area contributed by atoms with Gasteiger partial charge in [0.1, 0.15) is 0 Å². The van der Waals surface area contributed by atoms with E-state index in [1.54, 1.807) is 0 Å². The predicted octanol–water partition coefficient (Wildman–Crippen LogP) is 4.15. The Bertz CT molecular complexity index is 822. The minimum absolute atomic E-state index is 0.711. The Kier molecular flexibility index (Phi) is 1.73. The maximum atomic E-state index is 5.00. The van der Waals surface area contributed by atoms with Crippen molar-refractivity contribution in [1.29, 1.82) is 0 Å². The van der Waals surface area contributed by atoms with Gasteiger partial charge in [0.2, 0.25) is 0 Å². The first kappa shape index (κ1) is 9.90. The van der Waals surface area contributed by atoms with Gasteiger partial charge in [-0.2, -0.15) is 0 Å². The lowest BCUT2D eigenvalue weighted by molar-refractivity contribution is 0.701. The molecule has 2 bridgehead atoms. The Hall–Kier alpha value is -1.96. The van der Waals surface area contributed by atoms with Gasteiger partial charge in [-0.15, -0.1) is 0 Å². The number of hydrogen-bond donors (Lipinski definition) is 0. The van der Waals surface area contributed by atoms with Crippen molar-refractivity contribution in [3.8, 4) is 0 Å². The number of rotatable bonds is 0. The number of nitrogens with zero attached hydrogens (tertiary/aromatic N) is 2. The molecule has 3 aromatic rings. The maximum absolute atomic E-state index is 5.00. The van der Waals surface area contributed by atoms with Gasteiger partial charge in [-0.1, -0.05) is 18.2 Å². The molecule has 2 atom stereocenters. The molecule has 0 unspecified atom stereocenters. The smallest absolute Gasteiger partial charge is 0.0968 e. The lowest BCUT2D eigenvalue weighted by Gasteiger charge is -2.15. The molecule has 0 saturated heterocycles. The summed E-state index contributed by atoms with van der Waals surface area (Å²) in [5.74, 6) is 1.49. The van der Waals surface area contributed by atoms with Gasteiger partial charge in [0, 0.05) is 28.6 Å². The van der Waals surface area contributed by atoms with Crippen molar-refractivity contribution in [3.05, 3.63) is 47.8 Å². The van der Waals surface area contributed by atoms with Crippen LogP contribution in [0.2, 0.25) is 0 Å². The number of aromatic nitrogens is 2. The van der Waals surface area contributed by atoms with Crippen LogP contribution in [0.15, 0.2) is 36.5 Å². The third kappa shape index (κ3) is 1.21. The quantitative estimate of drug-likeness (QED) is 0.557. The van der Waals surface area contributed by atoms with Crippen LogP contribution in [0.25, 0.3) is 21.8 Å². The van der Waals surface area contributed by atoms with Gasteiger partial charge < -0.3 is 0 Å². The Morgan fingerprint density at radius 3 is 2.84 bits per heavy atom. The molecule has 92 valence electrons. The van der Waals surface area contributed by atoms with E-state index in [0.717, 1.165) is 17.0 Å². The molecule has 2 nitrogen and oxygen atoms in total. The third-order valence-electron chi connectivity index (χ3n) is 4.88. The van der Waals surface area contributed by atoms with Crippen LogP contribution in [0.4, 0.5) is 0 Å². The Morgan fingerprint density at radius 1 is 0.947 bits per heavy atom. The second-order valence-corrected chi connectivity index (χ2v) is 5.88. The minimum Gasteiger partial charge on any atom is -0.254 e. The van der Waals surface area contributed by atoms with Crippen LogP contribution in [0.1, 0.15) is 42.4 Å². The SMILES string of the molecule is c1cnc2c(c1)ccc1cc3c(nc12)[C@H]1CC[C@@H]3C1. The Morgan fingerprint density at radius 2 is 1.84 bits per heavy atom. The molecule has 2 aromatic heterocycles. The molecule has 1 saturated carbocycles. The van der Waals surface area contributed by atoms with Crippen LogP contribution in [-0.4, -0.2) is 9.97 Å². The molecular formula is C17H14N2. The number of fused-ring (bicyclic) bond motifs is 8. The van der Waals surface area contributed by atoms with E-state index in [9.17, 15) is 0 Å². The lowest BCUT2D eigenvalue weighted by Crippen LogP contribution is -2.01. The summed E-state index contributed by atoms with van der Waals surface area (Å²) < 4.78 is 0. The molecule has 0 N–H and O–H groups in total. The largest absolute Gasteiger partial charge is 0.254 e. The van der Waals surface area contributed by atoms with Crippen molar-refractivity contribution in [2.45, 2.75) is 31.1 Å². The van der Waals surface area contributed by atoms with Crippen LogP contribution in [0.3, 0.4) is 0 Å². The summed E-state index contributed by atoms with van der Waals surface area (Å²) in [6.07, 6.45) is 5.87. The molecule has 5 rings (SSSR count). The van der Waals surface area contributed by atoms with E-state index in [0.29, 0.717) is 5.92 Å².